The Labute approximate surface area is 86.7 Å². The third-order valence-corrected chi connectivity index (χ3v) is 2.13. The molecule has 0 radical (unpaired) electrons. The van der Waals surface area contributed by atoms with Crippen molar-refractivity contribution in [2.75, 3.05) is 12.4 Å². The summed E-state index contributed by atoms with van der Waals surface area (Å²) < 4.78 is 6.41. The largest absolute Gasteiger partial charge is 0.376 e. The molecule has 0 N–H and O–H groups in total. The van der Waals surface area contributed by atoms with Gasteiger partial charge in [-0.3, -0.25) is 0 Å². The predicted octanol–water partition coefficient (Wildman–Crippen LogP) is 2.90. The Kier molecular flexibility index (Phi) is 4.73. The van der Waals surface area contributed by atoms with Gasteiger partial charge in [0.15, 0.2) is 0 Å². The van der Waals surface area contributed by atoms with E-state index in [1.54, 1.807) is 0 Å². The minimum atomic E-state index is 0.674. The molecule has 0 amide bonds. The van der Waals surface area contributed by atoms with Crippen molar-refractivity contribution in [2.24, 2.45) is 0 Å². The lowest BCUT2D eigenvalue weighted by Crippen LogP contribution is -1.95. The van der Waals surface area contributed by atoms with E-state index in [2.05, 4.69) is 28.6 Å². The van der Waals surface area contributed by atoms with Crippen molar-refractivity contribution in [2.45, 2.75) is 6.61 Å². The van der Waals surface area contributed by atoms with Gasteiger partial charge in [0.1, 0.15) is 0 Å². The number of halogens is 1. The Morgan fingerprint density at radius 2 is 1.92 bits per heavy atom. The third-order valence-electron chi connectivity index (χ3n) is 1.42. The molecule has 0 unspecified atom stereocenters. The van der Waals surface area contributed by atoms with E-state index in [-0.39, 0.29) is 0 Å². The molecule has 0 aromatic heterocycles. The molecule has 66 valence electrons. The molecule has 0 atom stereocenters. The topological polar surface area (TPSA) is 9.23 Å². The van der Waals surface area contributed by atoms with Crippen LogP contribution in [0.15, 0.2) is 28.7 Å². The van der Waals surface area contributed by atoms with Gasteiger partial charge in [0.25, 0.3) is 0 Å². The summed E-state index contributed by atoms with van der Waals surface area (Å²) in [5.41, 5.74) is 1.19. The molecule has 12 heavy (non-hydrogen) atoms. The summed E-state index contributed by atoms with van der Waals surface area (Å²) in [5.74, 6) is 0.774. The third kappa shape index (κ3) is 3.61. The zero-order valence-electron chi connectivity index (χ0n) is 6.66. The average molecular weight is 247 g/mol. The summed E-state index contributed by atoms with van der Waals surface area (Å²) in [6.07, 6.45) is 0. The van der Waals surface area contributed by atoms with E-state index in [0.717, 1.165) is 10.2 Å². The summed E-state index contributed by atoms with van der Waals surface area (Å²) in [6.45, 7) is 1.38. The molecule has 1 rings (SSSR count). The molecule has 0 fully saturated rings. The standard InChI is InChI=1S/C9H11BrOS/c10-9-3-1-8(2-4-9)7-11-5-6-12/h1-4,12H,5-7H2. The highest BCUT2D eigenvalue weighted by Crippen LogP contribution is 2.10. The predicted molar refractivity (Wildman–Crippen MR) is 57.7 cm³/mol. The lowest BCUT2D eigenvalue weighted by atomic mass is 10.2. The summed E-state index contributed by atoms with van der Waals surface area (Å²) in [6, 6.07) is 8.12. The van der Waals surface area contributed by atoms with Crippen LogP contribution in [0.4, 0.5) is 0 Å². The molecule has 0 heterocycles. The van der Waals surface area contributed by atoms with Gasteiger partial charge in [-0.2, -0.15) is 12.6 Å². The van der Waals surface area contributed by atoms with Crippen molar-refractivity contribution in [1.29, 1.82) is 0 Å². The first-order valence-electron chi connectivity index (χ1n) is 3.76. The second kappa shape index (κ2) is 5.62. The van der Waals surface area contributed by atoms with Crippen molar-refractivity contribution in [3.8, 4) is 0 Å². The molecule has 0 saturated carbocycles. The molecular weight excluding hydrogens is 236 g/mol. The molecule has 1 nitrogen and oxygen atoms in total. The maximum Gasteiger partial charge on any atom is 0.0717 e. The van der Waals surface area contributed by atoms with Gasteiger partial charge < -0.3 is 4.74 Å². The van der Waals surface area contributed by atoms with Crippen LogP contribution in [0.25, 0.3) is 0 Å². The Morgan fingerprint density at radius 1 is 1.25 bits per heavy atom. The normalized spacial score (nSPS) is 10.2. The van der Waals surface area contributed by atoms with Crippen LogP contribution in [-0.4, -0.2) is 12.4 Å². The summed E-state index contributed by atoms with van der Waals surface area (Å²) in [5, 5.41) is 0. The number of ether oxygens (including phenoxy) is 1. The van der Waals surface area contributed by atoms with Crippen molar-refractivity contribution in [3.63, 3.8) is 0 Å². The fourth-order valence-corrected chi connectivity index (χ4v) is 1.23. The maximum atomic E-state index is 5.32. The molecular formula is C9H11BrOS. The number of hydrogen-bond acceptors (Lipinski definition) is 2. The number of benzene rings is 1. The van der Waals surface area contributed by atoms with Gasteiger partial charge in [0, 0.05) is 10.2 Å². The van der Waals surface area contributed by atoms with Crippen LogP contribution in [0.3, 0.4) is 0 Å². The van der Waals surface area contributed by atoms with Gasteiger partial charge >= 0.3 is 0 Å². The van der Waals surface area contributed by atoms with E-state index in [0.29, 0.717) is 13.2 Å². The fraction of sp³-hybridized carbons (Fsp3) is 0.333. The summed E-state index contributed by atoms with van der Waals surface area (Å²) in [4.78, 5) is 0. The molecule has 0 aliphatic rings. The van der Waals surface area contributed by atoms with Gasteiger partial charge in [-0.15, -0.1) is 0 Å². The molecule has 0 aliphatic carbocycles. The van der Waals surface area contributed by atoms with Crippen molar-refractivity contribution in [3.05, 3.63) is 34.3 Å². The van der Waals surface area contributed by atoms with Crippen molar-refractivity contribution in [1.82, 2.24) is 0 Å². The van der Waals surface area contributed by atoms with Gasteiger partial charge in [-0.25, -0.2) is 0 Å². The minimum Gasteiger partial charge on any atom is -0.376 e. The van der Waals surface area contributed by atoms with Crippen LogP contribution in [-0.2, 0) is 11.3 Å². The first-order valence-corrected chi connectivity index (χ1v) is 5.18. The lowest BCUT2D eigenvalue weighted by molar-refractivity contribution is 0.136. The Bertz CT molecular complexity index is 222. The second-order valence-electron chi connectivity index (χ2n) is 2.40. The highest BCUT2D eigenvalue weighted by Gasteiger charge is 1.91. The first-order chi connectivity index (χ1) is 5.83. The molecule has 0 spiro atoms. The highest BCUT2D eigenvalue weighted by molar-refractivity contribution is 9.10. The summed E-state index contributed by atoms with van der Waals surface area (Å²) in [7, 11) is 0. The van der Waals surface area contributed by atoms with Crippen molar-refractivity contribution >= 4 is 28.6 Å². The minimum absolute atomic E-state index is 0.674. The van der Waals surface area contributed by atoms with E-state index >= 15 is 0 Å². The Morgan fingerprint density at radius 3 is 2.50 bits per heavy atom. The van der Waals surface area contributed by atoms with Gasteiger partial charge in [0.2, 0.25) is 0 Å². The first kappa shape index (κ1) is 10.1. The van der Waals surface area contributed by atoms with E-state index in [1.807, 2.05) is 24.3 Å². The molecule has 0 aliphatic heterocycles. The summed E-state index contributed by atoms with van der Waals surface area (Å²) >= 11 is 7.43. The molecule has 0 bridgehead atoms. The van der Waals surface area contributed by atoms with Gasteiger partial charge in [-0.1, -0.05) is 28.1 Å². The van der Waals surface area contributed by atoms with Gasteiger partial charge in [-0.05, 0) is 17.7 Å². The molecule has 0 saturated heterocycles. The zero-order chi connectivity index (χ0) is 8.81. The fourth-order valence-electron chi connectivity index (χ4n) is 0.835. The van der Waals surface area contributed by atoms with Crippen LogP contribution in [0.5, 0.6) is 0 Å². The SMILES string of the molecule is SCCOCc1ccc(Br)cc1. The molecule has 1 aromatic rings. The number of rotatable bonds is 4. The molecule has 1 aromatic carbocycles. The quantitative estimate of drug-likeness (QED) is 0.635. The maximum absolute atomic E-state index is 5.32. The van der Waals surface area contributed by atoms with E-state index in [9.17, 15) is 0 Å². The van der Waals surface area contributed by atoms with Crippen LogP contribution in [0, 0.1) is 0 Å². The van der Waals surface area contributed by atoms with Crippen LogP contribution < -0.4 is 0 Å². The van der Waals surface area contributed by atoms with E-state index in [1.165, 1.54) is 5.56 Å². The highest BCUT2D eigenvalue weighted by atomic mass is 79.9. The van der Waals surface area contributed by atoms with Gasteiger partial charge in [0.05, 0.1) is 13.2 Å². The number of hydrogen-bond donors (Lipinski definition) is 1. The average Bonchev–Trinajstić information content (AvgIpc) is 2.09. The molecule has 3 heteroatoms. The number of thiol groups is 1. The van der Waals surface area contributed by atoms with E-state index in [4.69, 9.17) is 4.74 Å². The van der Waals surface area contributed by atoms with Crippen molar-refractivity contribution < 1.29 is 4.74 Å². The van der Waals surface area contributed by atoms with Crippen LogP contribution >= 0.6 is 28.6 Å². The zero-order valence-corrected chi connectivity index (χ0v) is 9.14. The smallest absolute Gasteiger partial charge is 0.0717 e. The van der Waals surface area contributed by atoms with Crippen LogP contribution in [0.2, 0.25) is 0 Å². The van der Waals surface area contributed by atoms with Crippen LogP contribution in [0.1, 0.15) is 5.56 Å². The lowest BCUT2D eigenvalue weighted by Gasteiger charge is -2.01. The van der Waals surface area contributed by atoms with E-state index < -0.39 is 0 Å². The Balaban J connectivity index is 2.37. The Hall–Kier alpha value is 0.01000. The monoisotopic (exact) mass is 246 g/mol. The second-order valence-corrected chi connectivity index (χ2v) is 3.77.